The lowest BCUT2D eigenvalue weighted by Crippen LogP contribution is -2.35. The lowest BCUT2D eigenvalue weighted by atomic mass is 10.1. The Kier molecular flexibility index (Phi) is 3.99. The van der Waals surface area contributed by atoms with Crippen molar-refractivity contribution < 1.29 is 9.21 Å². The van der Waals surface area contributed by atoms with Crippen LogP contribution in [0.4, 0.5) is 0 Å². The van der Waals surface area contributed by atoms with E-state index in [0.29, 0.717) is 22.0 Å². The first-order valence-electron chi connectivity index (χ1n) is 6.87. The van der Waals surface area contributed by atoms with Gasteiger partial charge in [-0.25, -0.2) is 0 Å². The summed E-state index contributed by atoms with van der Waals surface area (Å²) in [6.07, 6.45) is 2.18. The van der Waals surface area contributed by atoms with Crippen LogP contribution in [0, 0.1) is 5.41 Å². The van der Waals surface area contributed by atoms with Gasteiger partial charge in [0.25, 0.3) is 5.91 Å². The summed E-state index contributed by atoms with van der Waals surface area (Å²) >= 11 is 6.18. The minimum atomic E-state index is -0.459. The van der Waals surface area contributed by atoms with Gasteiger partial charge in [0.1, 0.15) is 10.8 Å². The van der Waals surface area contributed by atoms with E-state index in [2.05, 4.69) is 26.0 Å². The molecule has 4 rings (SSSR count). The summed E-state index contributed by atoms with van der Waals surface area (Å²) < 4.78 is 5.93. The number of rotatable bonds is 3. The molecule has 6 nitrogen and oxygen atoms in total. The van der Waals surface area contributed by atoms with Gasteiger partial charge in [0.05, 0.1) is 5.57 Å². The van der Waals surface area contributed by atoms with Crippen molar-refractivity contribution in [3.8, 4) is 0 Å². The van der Waals surface area contributed by atoms with Gasteiger partial charge in [0, 0.05) is 11.3 Å². The highest BCUT2D eigenvalue weighted by Crippen LogP contribution is 2.30. The van der Waals surface area contributed by atoms with Crippen molar-refractivity contribution >= 4 is 67.1 Å². The molecule has 0 radical (unpaired) electrons. The Labute approximate surface area is 153 Å². The summed E-state index contributed by atoms with van der Waals surface area (Å²) in [6, 6.07) is 7.45. The summed E-state index contributed by atoms with van der Waals surface area (Å²) in [5.41, 5.74) is 0.155. The van der Waals surface area contributed by atoms with Crippen LogP contribution in [0.3, 0.4) is 0 Å². The Hall–Kier alpha value is -1.97. The van der Waals surface area contributed by atoms with E-state index < -0.39 is 5.91 Å². The molecule has 0 fully saturated rings. The molecule has 0 saturated heterocycles. The molecule has 1 N–H and O–H groups in total. The van der Waals surface area contributed by atoms with Gasteiger partial charge >= 0.3 is 0 Å². The van der Waals surface area contributed by atoms with E-state index in [1.54, 1.807) is 23.5 Å². The number of amidine groups is 2. The normalized spacial score (nSPS) is 18.9. The molecule has 4 heterocycles. The fourth-order valence-electron chi connectivity index (χ4n) is 2.21. The SMILES string of the molecule is N=C1/C(=C\c2ccc(Br)o2)C(=O)N=C2SC(Cc3cccs3)=NN12. The molecule has 2 aromatic heterocycles. The fourth-order valence-corrected chi connectivity index (χ4v) is 4.24. The number of nitrogens with zero attached hydrogens (tertiary/aromatic N) is 3. The molecule has 0 spiro atoms. The van der Waals surface area contributed by atoms with Crippen LogP contribution in [-0.4, -0.2) is 27.0 Å². The van der Waals surface area contributed by atoms with Gasteiger partial charge in [-0.3, -0.25) is 10.2 Å². The summed E-state index contributed by atoms with van der Waals surface area (Å²) in [4.78, 5) is 17.5. The molecule has 2 aromatic rings. The third kappa shape index (κ3) is 2.90. The maximum Gasteiger partial charge on any atom is 0.283 e. The predicted octanol–water partition coefficient (Wildman–Crippen LogP) is 3.97. The molecule has 120 valence electrons. The topological polar surface area (TPSA) is 82.0 Å². The van der Waals surface area contributed by atoms with Gasteiger partial charge in [0.2, 0.25) is 5.17 Å². The van der Waals surface area contributed by atoms with Crippen LogP contribution < -0.4 is 0 Å². The number of hydrogen-bond donors (Lipinski definition) is 1. The molecule has 0 aliphatic carbocycles. The number of carbonyl (C=O) groups is 1. The quantitative estimate of drug-likeness (QED) is 0.761. The number of thiophene rings is 1. The number of carbonyl (C=O) groups excluding carboxylic acids is 1. The maximum atomic E-state index is 12.2. The lowest BCUT2D eigenvalue weighted by molar-refractivity contribution is -0.114. The molecule has 0 bridgehead atoms. The number of furan rings is 1. The van der Waals surface area contributed by atoms with E-state index in [-0.39, 0.29) is 11.4 Å². The third-order valence-corrected chi connectivity index (χ3v) is 5.49. The van der Waals surface area contributed by atoms with Crippen molar-refractivity contribution in [2.45, 2.75) is 6.42 Å². The molecule has 9 heteroatoms. The number of hydrazone groups is 1. The lowest BCUT2D eigenvalue weighted by Gasteiger charge is -2.19. The summed E-state index contributed by atoms with van der Waals surface area (Å²) in [5, 5.41) is 17.4. The van der Waals surface area contributed by atoms with E-state index in [9.17, 15) is 4.79 Å². The molecule has 0 saturated carbocycles. The second kappa shape index (κ2) is 6.15. The number of thioether (sulfide) groups is 1. The largest absolute Gasteiger partial charge is 0.450 e. The second-order valence-electron chi connectivity index (χ2n) is 4.91. The van der Waals surface area contributed by atoms with Crippen molar-refractivity contribution in [3.63, 3.8) is 0 Å². The van der Waals surface area contributed by atoms with Crippen molar-refractivity contribution in [2.75, 3.05) is 0 Å². The Balaban J connectivity index is 1.62. The zero-order valence-corrected chi connectivity index (χ0v) is 15.2. The van der Waals surface area contributed by atoms with Gasteiger partial charge < -0.3 is 4.42 Å². The third-order valence-electron chi connectivity index (χ3n) is 3.28. The Morgan fingerprint density at radius 2 is 2.25 bits per heavy atom. The predicted molar refractivity (Wildman–Crippen MR) is 99.4 cm³/mol. The number of amides is 1. The van der Waals surface area contributed by atoms with Gasteiger partial charge in [-0.05, 0) is 57.3 Å². The van der Waals surface area contributed by atoms with Crippen molar-refractivity contribution in [3.05, 3.63) is 50.5 Å². The first kappa shape index (κ1) is 15.6. The number of fused-ring (bicyclic) bond motifs is 1. The van der Waals surface area contributed by atoms with Crippen LogP contribution in [0.15, 0.2) is 54.4 Å². The van der Waals surface area contributed by atoms with Gasteiger partial charge in [-0.2, -0.15) is 15.1 Å². The van der Waals surface area contributed by atoms with Crippen LogP contribution in [-0.2, 0) is 11.2 Å². The molecule has 1 amide bonds. The van der Waals surface area contributed by atoms with Crippen LogP contribution in [0.25, 0.3) is 6.08 Å². The first-order valence-corrected chi connectivity index (χ1v) is 9.36. The zero-order chi connectivity index (χ0) is 16.7. The van der Waals surface area contributed by atoms with Crippen LogP contribution in [0.5, 0.6) is 0 Å². The van der Waals surface area contributed by atoms with E-state index in [4.69, 9.17) is 9.83 Å². The number of nitrogens with one attached hydrogen (secondary N) is 1. The molecule has 0 unspecified atom stereocenters. The number of aliphatic imine (C=N–C) groups is 1. The first-order chi connectivity index (χ1) is 11.6. The molecular weight excluding hydrogens is 412 g/mol. The Bertz CT molecular complexity index is 927. The monoisotopic (exact) mass is 420 g/mol. The fraction of sp³-hybridized carbons (Fsp3) is 0.0667. The Morgan fingerprint density at radius 1 is 1.38 bits per heavy atom. The van der Waals surface area contributed by atoms with Crippen LogP contribution >= 0.6 is 39.0 Å². The Morgan fingerprint density at radius 3 is 2.96 bits per heavy atom. The number of hydrogen-bond acceptors (Lipinski definition) is 6. The van der Waals surface area contributed by atoms with Crippen LogP contribution in [0.2, 0.25) is 0 Å². The van der Waals surface area contributed by atoms with E-state index >= 15 is 0 Å². The van der Waals surface area contributed by atoms with Crippen molar-refractivity contribution in [1.29, 1.82) is 5.41 Å². The van der Waals surface area contributed by atoms with E-state index in [1.165, 1.54) is 27.7 Å². The smallest absolute Gasteiger partial charge is 0.283 e. The minimum Gasteiger partial charge on any atom is -0.450 e. The average molecular weight is 421 g/mol. The molecule has 2 aliphatic heterocycles. The summed E-state index contributed by atoms with van der Waals surface area (Å²) in [7, 11) is 0. The second-order valence-corrected chi connectivity index (χ2v) is 7.77. The van der Waals surface area contributed by atoms with Crippen LogP contribution in [0.1, 0.15) is 10.6 Å². The number of halogens is 1. The molecule has 0 atom stereocenters. The van der Waals surface area contributed by atoms with Crippen molar-refractivity contribution in [2.24, 2.45) is 10.1 Å². The summed E-state index contributed by atoms with van der Waals surface area (Å²) in [6.45, 7) is 0. The van der Waals surface area contributed by atoms with Gasteiger partial charge in [-0.1, -0.05) is 6.07 Å². The molecular formula is C15H9BrN4O2S2. The van der Waals surface area contributed by atoms with Crippen molar-refractivity contribution in [1.82, 2.24) is 5.01 Å². The minimum absolute atomic E-state index is 0.00574. The van der Waals surface area contributed by atoms with E-state index in [0.717, 1.165) is 5.04 Å². The standard InChI is InChI=1S/C15H9BrN4O2S2/c16-11-4-3-8(22-11)6-10-13(17)20-15(18-14(10)21)24-12(19-20)7-9-2-1-5-23-9/h1-6,17H,7H2/b10-6+,17-13?. The highest BCUT2D eigenvalue weighted by atomic mass is 79.9. The highest BCUT2D eigenvalue weighted by molar-refractivity contribution is 9.10. The molecule has 24 heavy (non-hydrogen) atoms. The van der Waals surface area contributed by atoms with E-state index in [1.807, 2.05) is 17.5 Å². The average Bonchev–Trinajstić information content (AvgIpc) is 3.26. The maximum absolute atomic E-state index is 12.2. The zero-order valence-electron chi connectivity index (χ0n) is 12.0. The molecule has 2 aliphatic rings. The van der Waals surface area contributed by atoms with Gasteiger partial charge in [0.15, 0.2) is 10.5 Å². The highest BCUT2D eigenvalue weighted by Gasteiger charge is 2.35. The summed E-state index contributed by atoms with van der Waals surface area (Å²) in [5.74, 6) is 0.0216. The van der Waals surface area contributed by atoms with Gasteiger partial charge in [-0.15, -0.1) is 11.3 Å². The molecule has 0 aromatic carbocycles.